The summed E-state index contributed by atoms with van der Waals surface area (Å²) in [5.41, 5.74) is 7.45. The summed E-state index contributed by atoms with van der Waals surface area (Å²) >= 11 is 6.14. The number of esters is 1. The molecule has 2 aromatic heterocycles. The number of halogens is 1. The number of amides is 1. The monoisotopic (exact) mass is 414 g/mol. The Bertz CT molecular complexity index is 1060. The molecule has 0 aliphatic carbocycles. The SMILES string of the molecule is Cc1cc(C)n(-c2ccc(Cl)c(C(=O)OCc3cccc(OCC(N)=O)c3)n2)n1. The molecule has 2 N–H and O–H groups in total. The number of nitrogens with two attached hydrogens (primary N) is 1. The number of hydrogen-bond acceptors (Lipinski definition) is 6. The second kappa shape index (κ2) is 8.74. The number of pyridine rings is 1. The summed E-state index contributed by atoms with van der Waals surface area (Å²) in [4.78, 5) is 27.7. The van der Waals surface area contributed by atoms with Crippen LogP contribution in [-0.2, 0) is 16.1 Å². The van der Waals surface area contributed by atoms with E-state index in [-0.39, 0.29) is 23.9 Å². The van der Waals surface area contributed by atoms with E-state index in [2.05, 4.69) is 10.1 Å². The van der Waals surface area contributed by atoms with Crippen molar-refractivity contribution >= 4 is 23.5 Å². The van der Waals surface area contributed by atoms with Crippen LogP contribution in [0.1, 0.15) is 27.4 Å². The predicted octanol–water partition coefficient (Wildman–Crippen LogP) is 2.76. The van der Waals surface area contributed by atoms with Crippen LogP contribution in [0, 0.1) is 13.8 Å². The van der Waals surface area contributed by atoms with Gasteiger partial charge in [-0.2, -0.15) is 5.10 Å². The van der Waals surface area contributed by atoms with Crippen LogP contribution in [0.3, 0.4) is 0 Å². The van der Waals surface area contributed by atoms with Crippen molar-refractivity contribution < 1.29 is 19.1 Å². The summed E-state index contributed by atoms with van der Waals surface area (Å²) in [6.45, 7) is 3.51. The van der Waals surface area contributed by atoms with E-state index in [0.717, 1.165) is 11.4 Å². The van der Waals surface area contributed by atoms with Gasteiger partial charge in [-0.05, 0) is 49.7 Å². The van der Waals surface area contributed by atoms with E-state index < -0.39 is 11.9 Å². The topological polar surface area (TPSA) is 109 Å². The summed E-state index contributed by atoms with van der Waals surface area (Å²) in [5, 5.41) is 4.54. The smallest absolute Gasteiger partial charge is 0.358 e. The molecule has 0 saturated heterocycles. The van der Waals surface area contributed by atoms with E-state index in [4.69, 9.17) is 26.8 Å². The molecule has 3 aromatic rings. The van der Waals surface area contributed by atoms with Crippen LogP contribution < -0.4 is 10.5 Å². The van der Waals surface area contributed by atoms with Crippen LogP contribution >= 0.6 is 11.6 Å². The largest absolute Gasteiger partial charge is 0.484 e. The molecule has 0 fully saturated rings. The third-order valence-electron chi connectivity index (χ3n) is 3.90. The number of aryl methyl sites for hydroxylation is 2. The standard InChI is InChI=1S/C20H19ClN4O4/c1-12-8-13(2)25(24-12)18-7-6-16(21)19(23-18)20(27)29-10-14-4-3-5-15(9-14)28-11-17(22)26/h3-9H,10-11H2,1-2H3,(H2,22,26). The molecule has 0 bridgehead atoms. The van der Waals surface area contributed by atoms with Crippen molar-refractivity contribution in [2.45, 2.75) is 20.5 Å². The van der Waals surface area contributed by atoms with Gasteiger partial charge in [0.2, 0.25) is 0 Å². The highest BCUT2D eigenvalue weighted by Crippen LogP contribution is 2.20. The summed E-state index contributed by atoms with van der Waals surface area (Å²) < 4.78 is 12.2. The Balaban J connectivity index is 1.73. The Morgan fingerprint density at radius 3 is 2.66 bits per heavy atom. The first kappa shape index (κ1) is 20.3. The number of hydrogen-bond donors (Lipinski definition) is 1. The number of ether oxygens (including phenoxy) is 2. The van der Waals surface area contributed by atoms with E-state index in [1.807, 2.05) is 19.9 Å². The zero-order valence-electron chi connectivity index (χ0n) is 15.9. The number of carbonyl (C=O) groups is 2. The number of primary amides is 1. The lowest BCUT2D eigenvalue weighted by Crippen LogP contribution is -2.20. The van der Waals surface area contributed by atoms with Crippen LogP contribution in [0.15, 0.2) is 42.5 Å². The van der Waals surface area contributed by atoms with E-state index in [0.29, 0.717) is 17.1 Å². The van der Waals surface area contributed by atoms with Crippen molar-refractivity contribution in [2.24, 2.45) is 5.73 Å². The third-order valence-corrected chi connectivity index (χ3v) is 4.21. The Morgan fingerprint density at radius 2 is 1.97 bits per heavy atom. The van der Waals surface area contributed by atoms with E-state index in [1.54, 1.807) is 41.1 Å². The minimum Gasteiger partial charge on any atom is -0.484 e. The maximum atomic E-state index is 12.5. The first-order valence-corrected chi connectivity index (χ1v) is 9.08. The Morgan fingerprint density at radius 1 is 1.17 bits per heavy atom. The number of rotatable bonds is 7. The molecule has 1 amide bonds. The van der Waals surface area contributed by atoms with Gasteiger partial charge in [-0.25, -0.2) is 14.5 Å². The molecule has 0 spiro atoms. The lowest BCUT2D eigenvalue weighted by molar-refractivity contribution is -0.119. The van der Waals surface area contributed by atoms with Crippen molar-refractivity contribution in [3.8, 4) is 11.6 Å². The van der Waals surface area contributed by atoms with Gasteiger partial charge in [0.15, 0.2) is 18.1 Å². The molecule has 150 valence electrons. The Labute approximate surface area is 172 Å². The quantitative estimate of drug-likeness (QED) is 0.595. The molecule has 0 aliphatic rings. The summed E-state index contributed by atoms with van der Waals surface area (Å²) in [6, 6.07) is 12.0. The molecule has 29 heavy (non-hydrogen) atoms. The lowest BCUT2D eigenvalue weighted by atomic mass is 10.2. The molecule has 8 nitrogen and oxygen atoms in total. The maximum absolute atomic E-state index is 12.5. The molecule has 0 radical (unpaired) electrons. The summed E-state index contributed by atoms with van der Waals surface area (Å²) in [7, 11) is 0. The average Bonchev–Trinajstić information content (AvgIpc) is 3.03. The first-order chi connectivity index (χ1) is 13.8. The number of aromatic nitrogens is 3. The normalized spacial score (nSPS) is 10.6. The van der Waals surface area contributed by atoms with Gasteiger partial charge < -0.3 is 15.2 Å². The second-order valence-electron chi connectivity index (χ2n) is 6.32. The predicted molar refractivity (Wildman–Crippen MR) is 106 cm³/mol. The van der Waals surface area contributed by atoms with Crippen molar-refractivity contribution in [2.75, 3.05) is 6.61 Å². The molecule has 0 unspecified atom stereocenters. The highest BCUT2D eigenvalue weighted by atomic mass is 35.5. The third kappa shape index (κ3) is 5.11. The highest BCUT2D eigenvalue weighted by molar-refractivity contribution is 6.33. The Kier molecular flexibility index (Phi) is 6.13. The van der Waals surface area contributed by atoms with Gasteiger partial charge in [-0.1, -0.05) is 23.7 Å². The molecule has 9 heteroatoms. The Hall–Kier alpha value is -3.39. The van der Waals surface area contributed by atoms with Crippen LogP contribution in [0.2, 0.25) is 5.02 Å². The highest BCUT2D eigenvalue weighted by Gasteiger charge is 2.17. The fourth-order valence-electron chi connectivity index (χ4n) is 2.65. The fraction of sp³-hybridized carbons (Fsp3) is 0.200. The van der Waals surface area contributed by atoms with E-state index in [9.17, 15) is 9.59 Å². The second-order valence-corrected chi connectivity index (χ2v) is 6.72. The summed E-state index contributed by atoms with van der Waals surface area (Å²) in [6.07, 6.45) is 0. The molecular formula is C20H19ClN4O4. The van der Waals surface area contributed by atoms with Crippen molar-refractivity contribution in [1.29, 1.82) is 0 Å². The zero-order valence-corrected chi connectivity index (χ0v) is 16.6. The van der Waals surface area contributed by atoms with Crippen molar-refractivity contribution in [3.05, 3.63) is 70.1 Å². The molecule has 0 saturated carbocycles. The van der Waals surface area contributed by atoms with Gasteiger partial charge in [-0.15, -0.1) is 0 Å². The molecule has 3 rings (SSSR count). The van der Waals surface area contributed by atoms with E-state index in [1.165, 1.54) is 0 Å². The summed E-state index contributed by atoms with van der Waals surface area (Å²) in [5.74, 6) is -0.333. The van der Waals surface area contributed by atoms with Crippen molar-refractivity contribution in [3.63, 3.8) is 0 Å². The van der Waals surface area contributed by atoms with Crippen LogP contribution in [0.5, 0.6) is 5.75 Å². The van der Waals surface area contributed by atoms with E-state index >= 15 is 0 Å². The van der Waals surface area contributed by atoms with Gasteiger partial charge in [0.05, 0.1) is 10.7 Å². The molecule has 1 aromatic carbocycles. The van der Waals surface area contributed by atoms with Gasteiger partial charge in [-0.3, -0.25) is 4.79 Å². The van der Waals surface area contributed by atoms with Gasteiger partial charge in [0.1, 0.15) is 12.4 Å². The number of nitrogens with zero attached hydrogens (tertiary/aromatic N) is 3. The van der Waals surface area contributed by atoms with Gasteiger partial charge in [0, 0.05) is 5.69 Å². The zero-order chi connectivity index (χ0) is 21.0. The van der Waals surface area contributed by atoms with Gasteiger partial charge in [0.25, 0.3) is 5.91 Å². The number of carbonyl (C=O) groups excluding carboxylic acids is 2. The molecular weight excluding hydrogens is 396 g/mol. The van der Waals surface area contributed by atoms with Crippen LogP contribution in [0.25, 0.3) is 5.82 Å². The average molecular weight is 415 g/mol. The molecule has 2 heterocycles. The molecule has 0 atom stereocenters. The maximum Gasteiger partial charge on any atom is 0.358 e. The van der Waals surface area contributed by atoms with Crippen LogP contribution in [-0.4, -0.2) is 33.2 Å². The lowest BCUT2D eigenvalue weighted by Gasteiger charge is -2.10. The number of benzene rings is 1. The van der Waals surface area contributed by atoms with Crippen LogP contribution in [0.4, 0.5) is 0 Å². The fourth-order valence-corrected chi connectivity index (χ4v) is 2.83. The minimum atomic E-state index is -0.665. The molecule has 0 aliphatic heterocycles. The minimum absolute atomic E-state index is 0.00199. The first-order valence-electron chi connectivity index (χ1n) is 8.71. The van der Waals surface area contributed by atoms with Crippen molar-refractivity contribution in [1.82, 2.24) is 14.8 Å². The van der Waals surface area contributed by atoms with Gasteiger partial charge >= 0.3 is 5.97 Å².